The van der Waals surface area contributed by atoms with Crippen LogP contribution in [0.2, 0.25) is 0 Å². The number of anilines is 1. The molecule has 0 unspecified atom stereocenters. The SMILES string of the molecule is Cc1cccc([C@H](NC(=O)[C@@H](C)N(c2ccc(F)c(F)c2)S(C)(=O)=O)c2ccccc2)c1. The van der Waals surface area contributed by atoms with E-state index in [0.717, 1.165) is 45.5 Å². The first-order chi connectivity index (χ1) is 15.1. The summed E-state index contributed by atoms with van der Waals surface area (Å²) in [6, 6.07) is 17.9. The first-order valence-electron chi connectivity index (χ1n) is 9.94. The molecule has 0 saturated carbocycles. The summed E-state index contributed by atoms with van der Waals surface area (Å²) in [7, 11) is -3.98. The summed E-state index contributed by atoms with van der Waals surface area (Å²) in [6.07, 6.45) is 0.910. The van der Waals surface area contributed by atoms with Gasteiger partial charge in [0.2, 0.25) is 15.9 Å². The van der Waals surface area contributed by atoms with Crippen LogP contribution in [0.3, 0.4) is 0 Å². The number of halogens is 2. The predicted octanol–water partition coefficient (Wildman–Crippen LogP) is 4.33. The Kier molecular flexibility index (Phi) is 6.93. The maximum atomic E-state index is 13.8. The molecule has 3 rings (SSSR count). The standard InChI is InChI=1S/C24H24F2N2O3S/c1-16-8-7-11-19(14-16)23(18-9-5-4-6-10-18)27-24(29)17(2)28(32(3,30)31)20-12-13-21(25)22(26)15-20/h4-15,17,23H,1-3H3,(H,27,29)/t17-,23-/m1/s1. The fourth-order valence-electron chi connectivity index (χ4n) is 3.55. The minimum absolute atomic E-state index is 0.138. The summed E-state index contributed by atoms with van der Waals surface area (Å²) < 4.78 is 52.9. The zero-order valence-corrected chi connectivity index (χ0v) is 18.7. The van der Waals surface area contributed by atoms with Crippen LogP contribution in [0.25, 0.3) is 0 Å². The van der Waals surface area contributed by atoms with Crippen molar-refractivity contribution in [1.29, 1.82) is 0 Å². The average molecular weight is 459 g/mol. The quantitative estimate of drug-likeness (QED) is 0.573. The molecule has 0 heterocycles. The third-order valence-electron chi connectivity index (χ3n) is 5.04. The second-order valence-corrected chi connectivity index (χ2v) is 9.46. The highest BCUT2D eigenvalue weighted by Crippen LogP contribution is 2.26. The number of hydrogen-bond donors (Lipinski definition) is 1. The van der Waals surface area contributed by atoms with E-state index in [0.29, 0.717) is 0 Å². The molecule has 0 fully saturated rings. The summed E-state index contributed by atoms with van der Waals surface area (Å²) in [5, 5.41) is 2.91. The van der Waals surface area contributed by atoms with Crippen LogP contribution in [-0.2, 0) is 14.8 Å². The molecular formula is C24H24F2N2O3S. The molecule has 32 heavy (non-hydrogen) atoms. The predicted molar refractivity (Wildman–Crippen MR) is 121 cm³/mol. The normalized spacial score (nSPS) is 13.3. The lowest BCUT2D eigenvalue weighted by Gasteiger charge is -2.30. The van der Waals surface area contributed by atoms with E-state index in [9.17, 15) is 22.0 Å². The van der Waals surface area contributed by atoms with Crippen LogP contribution in [0.4, 0.5) is 14.5 Å². The summed E-state index contributed by atoms with van der Waals surface area (Å²) in [4.78, 5) is 13.2. The van der Waals surface area contributed by atoms with Crippen molar-refractivity contribution in [3.8, 4) is 0 Å². The van der Waals surface area contributed by atoms with Gasteiger partial charge in [0.25, 0.3) is 0 Å². The lowest BCUT2D eigenvalue weighted by atomic mass is 9.97. The van der Waals surface area contributed by atoms with Gasteiger partial charge in [-0.1, -0.05) is 60.2 Å². The van der Waals surface area contributed by atoms with Gasteiger partial charge >= 0.3 is 0 Å². The second kappa shape index (κ2) is 9.48. The Morgan fingerprint density at radius 3 is 2.16 bits per heavy atom. The highest BCUT2D eigenvalue weighted by Gasteiger charge is 2.31. The molecule has 0 spiro atoms. The lowest BCUT2D eigenvalue weighted by Crippen LogP contribution is -2.48. The smallest absolute Gasteiger partial charge is 0.244 e. The molecule has 0 saturated heterocycles. The Morgan fingerprint density at radius 2 is 1.56 bits per heavy atom. The maximum Gasteiger partial charge on any atom is 0.244 e. The van der Waals surface area contributed by atoms with Crippen molar-refractivity contribution >= 4 is 21.6 Å². The Hall–Kier alpha value is -3.26. The Morgan fingerprint density at radius 1 is 0.906 bits per heavy atom. The number of rotatable bonds is 7. The van der Waals surface area contributed by atoms with Crippen molar-refractivity contribution in [1.82, 2.24) is 5.32 Å². The molecule has 0 aliphatic carbocycles. The number of hydrogen-bond acceptors (Lipinski definition) is 3. The van der Waals surface area contributed by atoms with E-state index in [-0.39, 0.29) is 5.69 Å². The fraction of sp³-hybridized carbons (Fsp3) is 0.208. The van der Waals surface area contributed by atoms with Crippen LogP contribution in [0, 0.1) is 18.6 Å². The number of sulfonamides is 1. The monoisotopic (exact) mass is 458 g/mol. The van der Waals surface area contributed by atoms with Crippen molar-refractivity contribution in [2.75, 3.05) is 10.6 Å². The van der Waals surface area contributed by atoms with Crippen LogP contribution in [-0.4, -0.2) is 26.6 Å². The van der Waals surface area contributed by atoms with Crippen molar-refractivity contribution in [3.63, 3.8) is 0 Å². The van der Waals surface area contributed by atoms with Gasteiger partial charge in [0.1, 0.15) is 6.04 Å². The van der Waals surface area contributed by atoms with Gasteiger partial charge in [-0.25, -0.2) is 17.2 Å². The van der Waals surface area contributed by atoms with Gasteiger partial charge in [-0.2, -0.15) is 0 Å². The van der Waals surface area contributed by atoms with Crippen LogP contribution in [0.15, 0.2) is 72.8 Å². The molecule has 1 amide bonds. The Labute approximate surface area is 186 Å². The Balaban J connectivity index is 1.97. The molecule has 3 aromatic carbocycles. The molecule has 1 N–H and O–H groups in total. The minimum Gasteiger partial charge on any atom is -0.343 e. The number of nitrogens with one attached hydrogen (secondary N) is 1. The molecule has 3 aromatic rings. The molecule has 0 aliphatic heterocycles. The highest BCUT2D eigenvalue weighted by molar-refractivity contribution is 7.92. The third-order valence-corrected chi connectivity index (χ3v) is 6.28. The van der Waals surface area contributed by atoms with Gasteiger partial charge in [0.05, 0.1) is 18.0 Å². The zero-order valence-electron chi connectivity index (χ0n) is 17.9. The topological polar surface area (TPSA) is 66.5 Å². The van der Waals surface area contributed by atoms with E-state index in [4.69, 9.17) is 0 Å². The van der Waals surface area contributed by atoms with Gasteiger partial charge in [-0.05, 0) is 37.1 Å². The molecule has 2 atom stereocenters. The molecule has 168 valence electrons. The third kappa shape index (κ3) is 5.31. The fourth-order valence-corrected chi connectivity index (χ4v) is 4.71. The van der Waals surface area contributed by atoms with Crippen molar-refractivity contribution in [2.24, 2.45) is 0 Å². The summed E-state index contributed by atoms with van der Waals surface area (Å²) in [5.74, 6) is -2.90. The number of benzene rings is 3. The van der Waals surface area contributed by atoms with E-state index in [1.807, 2.05) is 61.5 Å². The zero-order chi connectivity index (χ0) is 23.5. The number of nitrogens with zero attached hydrogens (tertiary/aromatic N) is 1. The molecule has 0 aliphatic rings. The lowest BCUT2D eigenvalue weighted by molar-refractivity contribution is -0.122. The van der Waals surface area contributed by atoms with Gasteiger partial charge in [-0.15, -0.1) is 0 Å². The number of aryl methyl sites for hydroxylation is 1. The van der Waals surface area contributed by atoms with E-state index in [1.54, 1.807) is 0 Å². The molecule has 5 nitrogen and oxygen atoms in total. The Bertz CT molecular complexity index is 1220. The summed E-state index contributed by atoms with van der Waals surface area (Å²) in [5.41, 5.74) is 2.51. The summed E-state index contributed by atoms with van der Waals surface area (Å²) in [6.45, 7) is 3.33. The molecular weight excluding hydrogens is 434 g/mol. The summed E-state index contributed by atoms with van der Waals surface area (Å²) >= 11 is 0. The number of carbonyl (C=O) groups is 1. The number of amides is 1. The van der Waals surface area contributed by atoms with Crippen molar-refractivity contribution in [2.45, 2.75) is 25.9 Å². The average Bonchev–Trinajstić information content (AvgIpc) is 2.74. The van der Waals surface area contributed by atoms with Crippen LogP contribution in [0.5, 0.6) is 0 Å². The van der Waals surface area contributed by atoms with Gasteiger partial charge in [-0.3, -0.25) is 9.10 Å². The first kappa shape index (κ1) is 23.4. The van der Waals surface area contributed by atoms with E-state index >= 15 is 0 Å². The minimum atomic E-state index is -3.98. The van der Waals surface area contributed by atoms with Gasteiger partial charge in [0.15, 0.2) is 11.6 Å². The largest absolute Gasteiger partial charge is 0.343 e. The number of carbonyl (C=O) groups excluding carboxylic acids is 1. The van der Waals surface area contributed by atoms with Crippen molar-refractivity contribution in [3.05, 3.63) is 101 Å². The van der Waals surface area contributed by atoms with E-state index in [1.165, 1.54) is 6.92 Å². The van der Waals surface area contributed by atoms with E-state index in [2.05, 4.69) is 5.32 Å². The van der Waals surface area contributed by atoms with Gasteiger partial charge in [0, 0.05) is 6.07 Å². The maximum absolute atomic E-state index is 13.8. The highest BCUT2D eigenvalue weighted by atomic mass is 32.2. The van der Waals surface area contributed by atoms with Crippen LogP contribution in [0.1, 0.15) is 29.7 Å². The van der Waals surface area contributed by atoms with Crippen LogP contribution < -0.4 is 9.62 Å². The molecule has 0 radical (unpaired) electrons. The van der Waals surface area contributed by atoms with E-state index < -0.39 is 39.6 Å². The first-order valence-corrected chi connectivity index (χ1v) is 11.8. The molecule has 8 heteroatoms. The van der Waals surface area contributed by atoms with Crippen molar-refractivity contribution < 1.29 is 22.0 Å². The molecule has 0 aromatic heterocycles. The molecule has 0 bridgehead atoms. The van der Waals surface area contributed by atoms with Crippen LogP contribution >= 0.6 is 0 Å². The van der Waals surface area contributed by atoms with Gasteiger partial charge < -0.3 is 5.32 Å². The second-order valence-electron chi connectivity index (χ2n) is 7.60.